The molecule has 0 aliphatic heterocycles. The van der Waals surface area contributed by atoms with E-state index in [1.807, 2.05) is 0 Å². The van der Waals surface area contributed by atoms with Crippen molar-refractivity contribution in [1.29, 1.82) is 0 Å². The van der Waals surface area contributed by atoms with Crippen molar-refractivity contribution in [1.82, 2.24) is 5.32 Å². The van der Waals surface area contributed by atoms with Gasteiger partial charge < -0.3 is 10.6 Å². The van der Waals surface area contributed by atoms with E-state index in [0.29, 0.717) is 6.04 Å². The normalized spacial score (nSPS) is 15.5. The van der Waals surface area contributed by atoms with Crippen molar-refractivity contribution < 1.29 is 0 Å². The van der Waals surface area contributed by atoms with Gasteiger partial charge in [0.25, 0.3) is 0 Å². The molecule has 1 saturated carbocycles. The second-order valence-corrected chi connectivity index (χ2v) is 6.11. The Hall–Kier alpha value is -1.09. The van der Waals surface area contributed by atoms with Crippen molar-refractivity contribution in [3.63, 3.8) is 0 Å². The highest BCUT2D eigenvalue weighted by Gasteiger charge is 2.21. The molecule has 1 fully saturated rings. The predicted octanol–water partition coefficient (Wildman–Crippen LogP) is 3.43. The molecule has 0 aromatic heterocycles. The second kappa shape index (κ2) is 4.65. The summed E-state index contributed by atoms with van der Waals surface area (Å²) in [5, 5.41) is 7.26. The molecule has 1 aliphatic carbocycles. The summed E-state index contributed by atoms with van der Waals surface area (Å²) >= 11 is 5.27. The van der Waals surface area contributed by atoms with Gasteiger partial charge in [-0.05, 0) is 48.2 Å². The molecule has 2 rings (SSSR count). The minimum absolute atomic E-state index is 0.170. The summed E-state index contributed by atoms with van der Waals surface area (Å²) in [7, 11) is 0. The maximum absolute atomic E-state index is 5.27. The Morgan fingerprint density at radius 3 is 2.59 bits per heavy atom. The third kappa shape index (κ3) is 3.70. The molecule has 2 nitrogen and oxygen atoms in total. The minimum atomic E-state index is 0.170. The molecule has 0 bridgehead atoms. The third-order valence-electron chi connectivity index (χ3n) is 2.90. The average molecular weight is 248 g/mol. The maximum atomic E-state index is 5.27. The van der Waals surface area contributed by atoms with Crippen LogP contribution in [0.25, 0.3) is 0 Å². The molecular weight excluding hydrogens is 228 g/mol. The molecule has 1 aromatic rings. The van der Waals surface area contributed by atoms with Crippen LogP contribution in [0.4, 0.5) is 5.69 Å². The molecular formula is C14H20N2S. The fraction of sp³-hybridized carbons (Fsp3) is 0.500. The van der Waals surface area contributed by atoms with Crippen molar-refractivity contribution in [3.8, 4) is 0 Å². The van der Waals surface area contributed by atoms with Crippen LogP contribution in [0.5, 0.6) is 0 Å². The standard InChI is InChI=1S/C14H20N2S/c1-14(2,3)10-5-4-6-12(9-10)16-13(17)15-11-7-8-11/h4-6,9,11H,7-8H2,1-3H3,(H2,15,16,17). The van der Waals surface area contributed by atoms with Gasteiger partial charge in [-0.2, -0.15) is 0 Å². The van der Waals surface area contributed by atoms with Crippen LogP contribution < -0.4 is 10.6 Å². The fourth-order valence-electron chi connectivity index (χ4n) is 1.64. The molecule has 3 heteroatoms. The van der Waals surface area contributed by atoms with Gasteiger partial charge in [0.05, 0.1) is 0 Å². The van der Waals surface area contributed by atoms with E-state index in [0.717, 1.165) is 10.8 Å². The molecule has 0 atom stereocenters. The van der Waals surface area contributed by atoms with Gasteiger partial charge in [0.2, 0.25) is 0 Å². The zero-order chi connectivity index (χ0) is 12.5. The topological polar surface area (TPSA) is 24.1 Å². The number of nitrogens with one attached hydrogen (secondary N) is 2. The number of benzene rings is 1. The molecule has 0 heterocycles. The summed E-state index contributed by atoms with van der Waals surface area (Å²) in [6.07, 6.45) is 2.48. The van der Waals surface area contributed by atoms with Crippen molar-refractivity contribution in [2.45, 2.75) is 45.1 Å². The van der Waals surface area contributed by atoms with E-state index in [1.54, 1.807) is 0 Å². The maximum Gasteiger partial charge on any atom is 0.170 e. The molecule has 0 radical (unpaired) electrons. The molecule has 17 heavy (non-hydrogen) atoms. The lowest BCUT2D eigenvalue weighted by atomic mass is 9.87. The van der Waals surface area contributed by atoms with Crippen LogP contribution in [0, 0.1) is 0 Å². The predicted molar refractivity (Wildman–Crippen MR) is 77.5 cm³/mol. The number of hydrogen-bond acceptors (Lipinski definition) is 1. The first kappa shape index (κ1) is 12.4. The minimum Gasteiger partial charge on any atom is -0.360 e. The first-order chi connectivity index (χ1) is 7.95. The smallest absolute Gasteiger partial charge is 0.170 e. The van der Waals surface area contributed by atoms with E-state index >= 15 is 0 Å². The van der Waals surface area contributed by atoms with E-state index in [-0.39, 0.29) is 5.41 Å². The molecule has 1 aromatic carbocycles. The quantitative estimate of drug-likeness (QED) is 0.784. The first-order valence-electron chi connectivity index (χ1n) is 6.13. The summed E-state index contributed by atoms with van der Waals surface area (Å²) < 4.78 is 0. The summed E-state index contributed by atoms with van der Waals surface area (Å²) in [6, 6.07) is 9.04. The SMILES string of the molecule is CC(C)(C)c1cccc(NC(=S)NC2CC2)c1. The Labute approximate surface area is 109 Å². The van der Waals surface area contributed by atoms with E-state index in [4.69, 9.17) is 12.2 Å². The largest absolute Gasteiger partial charge is 0.360 e. The highest BCUT2D eigenvalue weighted by Crippen LogP contribution is 2.24. The molecule has 0 amide bonds. The number of thiocarbonyl (C=S) groups is 1. The number of hydrogen-bond donors (Lipinski definition) is 2. The van der Waals surface area contributed by atoms with Crippen molar-refractivity contribution in [2.75, 3.05) is 5.32 Å². The van der Waals surface area contributed by atoms with Crippen molar-refractivity contribution in [2.24, 2.45) is 0 Å². The number of rotatable bonds is 2. The van der Waals surface area contributed by atoms with Crippen LogP contribution in [0.3, 0.4) is 0 Å². The Bertz CT molecular complexity index is 416. The van der Waals surface area contributed by atoms with Crippen molar-refractivity contribution in [3.05, 3.63) is 29.8 Å². The highest BCUT2D eigenvalue weighted by atomic mass is 32.1. The van der Waals surface area contributed by atoms with Gasteiger partial charge in [0.15, 0.2) is 5.11 Å². The Kier molecular flexibility index (Phi) is 3.38. The molecule has 1 aliphatic rings. The van der Waals surface area contributed by atoms with Gasteiger partial charge in [-0.15, -0.1) is 0 Å². The van der Waals surface area contributed by atoms with Crippen LogP contribution in [0.15, 0.2) is 24.3 Å². The molecule has 0 unspecified atom stereocenters. The van der Waals surface area contributed by atoms with E-state index < -0.39 is 0 Å². The lowest BCUT2D eigenvalue weighted by Crippen LogP contribution is -2.30. The number of anilines is 1. The lowest BCUT2D eigenvalue weighted by Gasteiger charge is -2.20. The molecule has 0 saturated heterocycles. The summed E-state index contributed by atoms with van der Waals surface area (Å²) in [4.78, 5) is 0. The lowest BCUT2D eigenvalue weighted by molar-refractivity contribution is 0.590. The van der Waals surface area contributed by atoms with Gasteiger partial charge in [0, 0.05) is 11.7 Å². The fourth-order valence-corrected chi connectivity index (χ4v) is 1.93. The second-order valence-electron chi connectivity index (χ2n) is 5.70. The van der Waals surface area contributed by atoms with E-state index in [9.17, 15) is 0 Å². The zero-order valence-electron chi connectivity index (χ0n) is 10.7. The molecule has 92 valence electrons. The zero-order valence-corrected chi connectivity index (χ0v) is 11.5. The first-order valence-corrected chi connectivity index (χ1v) is 6.54. The van der Waals surface area contributed by atoms with Crippen LogP contribution >= 0.6 is 12.2 Å². The highest BCUT2D eigenvalue weighted by molar-refractivity contribution is 7.80. The van der Waals surface area contributed by atoms with Gasteiger partial charge in [-0.3, -0.25) is 0 Å². The molecule has 2 N–H and O–H groups in total. The van der Waals surface area contributed by atoms with Crippen LogP contribution in [0.2, 0.25) is 0 Å². The van der Waals surface area contributed by atoms with Crippen LogP contribution in [-0.4, -0.2) is 11.2 Å². The molecule has 0 spiro atoms. The van der Waals surface area contributed by atoms with Gasteiger partial charge in [-0.1, -0.05) is 32.9 Å². The summed E-state index contributed by atoms with van der Waals surface area (Å²) in [5.41, 5.74) is 2.55. The third-order valence-corrected chi connectivity index (χ3v) is 3.12. The van der Waals surface area contributed by atoms with Crippen LogP contribution in [-0.2, 0) is 5.41 Å². The summed E-state index contributed by atoms with van der Waals surface area (Å²) in [5.74, 6) is 0. The van der Waals surface area contributed by atoms with Crippen molar-refractivity contribution >= 4 is 23.0 Å². The Balaban J connectivity index is 2.02. The van der Waals surface area contributed by atoms with Gasteiger partial charge in [0.1, 0.15) is 0 Å². The Morgan fingerprint density at radius 1 is 1.29 bits per heavy atom. The van der Waals surface area contributed by atoms with Crippen LogP contribution in [0.1, 0.15) is 39.2 Å². The van der Waals surface area contributed by atoms with Gasteiger partial charge >= 0.3 is 0 Å². The van der Waals surface area contributed by atoms with E-state index in [2.05, 4.69) is 55.7 Å². The average Bonchev–Trinajstić information content (AvgIpc) is 3.00. The van der Waals surface area contributed by atoms with Gasteiger partial charge in [-0.25, -0.2) is 0 Å². The monoisotopic (exact) mass is 248 g/mol. The Morgan fingerprint density at radius 2 is 2.00 bits per heavy atom. The van der Waals surface area contributed by atoms with E-state index in [1.165, 1.54) is 18.4 Å². The summed E-state index contributed by atoms with van der Waals surface area (Å²) in [6.45, 7) is 6.65.